The van der Waals surface area contributed by atoms with Crippen LogP contribution in [0.2, 0.25) is 0 Å². The van der Waals surface area contributed by atoms with Gasteiger partial charge in [-0.1, -0.05) is 11.8 Å². The first kappa shape index (κ1) is 11.6. The van der Waals surface area contributed by atoms with Gasteiger partial charge < -0.3 is 4.52 Å². The molecular weight excluding hydrogens is 195 g/mol. The zero-order valence-corrected chi connectivity index (χ0v) is 8.36. The van der Waals surface area contributed by atoms with Crippen LogP contribution in [0.4, 0.5) is 0 Å². The van der Waals surface area contributed by atoms with E-state index < -0.39 is 6.72 Å². The standard InChI is InChI=1S/C7H9O3PS/c1-4-6-9-11(12,8-3)10-7-5-2/h1-2H,6-7H2,3H3. The molecule has 0 atom stereocenters. The highest BCUT2D eigenvalue weighted by molar-refractivity contribution is 8.07. The van der Waals surface area contributed by atoms with Gasteiger partial charge in [-0.05, 0) is 11.8 Å². The Bertz CT molecular complexity index is 228. The third kappa shape index (κ3) is 4.51. The van der Waals surface area contributed by atoms with Gasteiger partial charge in [-0.2, -0.15) is 0 Å². The molecule has 0 aromatic carbocycles. The predicted octanol–water partition coefficient (Wildman–Crippen LogP) is 1.16. The van der Waals surface area contributed by atoms with E-state index in [1.807, 2.05) is 0 Å². The second kappa shape index (κ2) is 6.20. The Morgan fingerprint density at radius 2 is 1.67 bits per heavy atom. The normalized spacial score (nSPS) is 10.2. The van der Waals surface area contributed by atoms with E-state index in [-0.39, 0.29) is 13.2 Å². The molecule has 0 aromatic rings. The van der Waals surface area contributed by atoms with E-state index in [1.54, 1.807) is 0 Å². The Morgan fingerprint density at radius 1 is 1.25 bits per heavy atom. The van der Waals surface area contributed by atoms with Crippen molar-refractivity contribution >= 4 is 18.5 Å². The van der Waals surface area contributed by atoms with Crippen LogP contribution in [0.1, 0.15) is 0 Å². The third-order valence-electron chi connectivity index (χ3n) is 0.836. The summed E-state index contributed by atoms with van der Waals surface area (Å²) in [6.45, 7) is -2.55. The van der Waals surface area contributed by atoms with E-state index in [9.17, 15) is 0 Å². The molecule has 0 heterocycles. The van der Waals surface area contributed by atoms with Crippen molar-refractivity contribution < 1.29 is 13.6 Å². The van der Waals surface area contributed by atoms with Crippen molar-refractivity contribution in [1.82, 2.24) is 0 Å². The van der Waals surface area contributed by atoms with Gasteiger partial charge in [-0.3, -0.25) is 9.05 Å². The summed E-state index contributed by atoms with van der Waals surface area (Å²) in [6.07, 6.45) is 9.93. The molecule has 0 saturated carbocycles. The summed E-state index contributed by atoms with van der Waals surface area (Å²) < 4.78 is 14.8. The van der Waals surface area contributed by atoms with Gasteiger partial charge in [-0.25, -0.2) is 0 Å². The average molecular weight is 204 g/mol. The zero-order chi connectivity index (χ0) is 9.45. The molecule has 0 rings (SSSR count). The molecule has 0 bridgehead atoms. The van der Waals surface area contributed by atoms with Crippen LogP contribution in [0.3, 0.4) is 0 Å². The summed E-state index contributed by atoms with van der Waals surface area (Å²) in [5.41, 5.74) is 0. The monoisotopic (exact) mass is 204 g/mol. The van der Waals surface area contributed by atoms with Crippen LogP contribution in [-0.2, 0) is 25.4 Å². The summed E-state index contributed by atoms with van der Waals surface area (Å²) in [4.78, 5) is 0. The van der Waals surface area contributed by atoms with E-state index in [0.717, 1.165) is 0 Å². The van der Waals surface area contributed by atoms with Crippen LogP contribution in [0.25, 0.3) is 0 Å². The minimum Gasteiger partial charge on any atom is -0.312 e. The van der Waals surface area contributed by atoms with Crippen molar-refractivity contribution in [2.24, 2.45) is 0 Å². The molecule has 0 aliphatic rings. The summed E-state index contributed by atoms with van der Waals surface area (Å²) >= 11 is 4.89. The fourth-order valence-electron chi connectivity index (χ4n) is 0.375. The maximum atomic E-state index is 4.98. The average Bonchev–Trinajstić information content (AvgIpc) is 2.11. The summed E-state index contributed by atoms with van der Waals surface area (Å²) in [7, 11) is 1.40. The maximum Gasteiger partial charge on any atom is 0.328 e. The number of hydrogen-bond donors (Lipinski definition) is 0. The molecule has 0 aliphatic carbocycles. The number of terminal acetylenes is 2. The molecule has 0 aromatic heterocycles. The minimum absolute atomic E-state index is 0.0652. The van der Waals surface area contributed by atoms with Crippen LogP contribution in [0.5, 0.6) is 0 Å². The molecule has 5 heteroatoms. The van der Waals surface area contributed by atoms with E-state index >= 15 is 0 Å². The van der Waals surface area contributed by atoms with Gasteiger partial charge in [-0.15, -0.1) is 12.8 Å². The molecule has 0 radical (unpaired) electrons. The topological polar surface area (TPSA) is 27.7 Å². The molecule has 12 heavy (non-hydrogen) atoms. The summed E-state index contributed by atoms with van der Waals surface area (Å²) in [6, 6.07) is 0. The SMILES string of the molecule is C#CCOP(=S)(OC)OCC#C. The van der Waals surface area contributed by atoms with Gasteiger partial charge in [0.2, 0.25) is 0 Å². The second-order valence-electron chi connectivity index (χ2n) is 1.58. The molecule has 0 saturated heterocycles. The molecule has 0 unspecified atom stereocenters. The lowest BCUT2D eigenvalue weighted by atomic mass is 10.8. The van der Waals surface area contributed by atoms with E-state index in [4.69, 9.17) is 38.2 Å². The van der Waals surface area contributed by atoms with Crippen LogP contribution >= 0.6 is 6.72 Å². The summed E-state index contributed by atoms with van der Waals surface area (Å²) in [5, 5.41) is 0. The summed E-state index contributed by atoms with van der Waals surface area (Å²) in [5.74, 6) is 4.52. The molecular formula is C7H9O3PS. The number of rotatable bonds is 5. The molecule has 0 N–H and O–H groups in total. The van der Waals surface area contributed by atoms with Crippen molar-refractivity contribution in [1.29, 1.82) is 0 Å². The lowest BCUT2D eigenvalue weighted by molar-refractivity contribution is 0.208. The second-order valence-corrected chi connectivity index (χ2v) is 4.70. The minimum atomic E-state index is -2.68. The van der Waals surface area contributed by atoms with Crippen LogP contribution < -0.4 is 0 Å². The van der Waals surface area contributed by atoms with E-state index in [2.05, 4.69) is 11.8 Å². The van der Waals surface area contributed by atoms with Crippen molar-refractivity contribution in [3.63, 3.8) is 0 Å². The molecule has 0 fully saturated rings. The zero-order valence-electron chi connectivity index (χ0n) is 6.65. The Hall–Kier alpha value is -0.350. The first-order chi connectivity index (χ1) is 5.68. The Kier molecular flexibility index (Phi) is 6.02. The van der Waals surface area contributed by atoms with Gasteiger partial charge in [0.15, 0.2) is 0 Å². The highest BCUT2D eigenvalue weighted by atomic mass is 32.5. The van der Waals surface area contributed by atoms with Crippen molar-refractivity contribution in [2.75, 3.05) is 20.3 Å². The highest BCUT2D eigenvalue weighted by Gasteiger charge is 2.16. The highest BCUT2D eigenvalue weighted by Crippen LogP contribution is 2.48. The van der Waals surface area contributed by atoms with Gasteiger partial charge >= 0.3 is 6.72 Å². The largest absolute Gasteiger partial charge is 0.328 e. The first-order valence-electron chi connectivity index (χ1n) is 3.00. The fourth-order valence-corrected chi connectivity index (χ4v) is 1.44. The lowest BCUT2D eigenvalue weighted by Crippen LogP contribution is -1.97. The van der Waals surface area contributed by atoms with E-state index in [1.165, 1.54) is 7.11 Å². The van der Waals surface area contributed by atoms with Gasteiger partial charge in [0, 0.05) is 7.11 Å². The van der Waals surface area contributed by atoms with Crippen LogP contribution in [0.15, 0.2) is 0 Å². The quantitative estimate of drug-likeness (QED) is 0.496. The van der Waals surface area contributed by atoms with E-state index in [0.29, 0.717) is 0 Å². The smallest absolute Gasteiger partial charge is 0.312 e. The molecule has 0 spiro atoms. The Balaban J connectivity index is 4.00. The molecule has 3 nitrogen and oxygen atoms in total. The Labute approximate surface area is 77.6 Å². The fraction of sp³-hybridized carbons (Fsp3) is 0.429. The predicted molar refractivity (Wildman–Crippen MR) is 50.9 cm³/mol. The van der Waals surface area contributed by atoms with Crippen molar-refractivity contribution in [3.8, 4) is 24.7 Å². The van der Waals surface area contributed by atoms with Crippen molar-refractivity contribution in [2.45, 2.75) is 0 Å². The molecule has 0 amide bonds. The van der Waals surface area contributed by atoms with Gasteiger partial charge in [0.25, 0.3) is 0 Å². The molecule has 66 valence electrons. The van der Waals surface area contributed by atoms with Gasteiger partial charge in [0.05, 0.1) is 0 Å². The van der Waals surface area contributed by atoms with Gasteiger partial charge in [0.1, 0.15) is 13.2 Å². The third-order valence-corrected chi connectivity index (χ3v) is 3.25. The van der Waals surface area contributed by atoms with Crippen LogP contribution in [0, 0.1) is 24.7 Å². The maximum absolute atomic E-state index is 4.98. The number of hydrogen-bond acceptors (Lipinski definition) is 4. The molecule has 0 aliphatic heterocycles. The lowest BCUT2D eigenvalue weighted by Gasteiger charge is -2.16. The van der Waals surface area contributed by atoms with Crippen molar-refractivity contribution in [3.05, 3.63) is 0 Å². The first-order valence-corrected chi connectivity index (χ1v) is 5.56. The Morgan fingerprint density at radius 3 is 1.92 bits per heavy atom. The van der Waals surface area contributed by atoms with Crippen LogP contribution in [-0.4, -0.2) is 20.3 Å².